The lowest BCUT2D eigenvalue weighted by Gasteiger charge is -2.13. The molecule has 1 aliphatic carbocycles. The lowest BCUT2D eigenvalue weighted by Crippen LogP contribution is -2.29. The van der Waals surface area contributed by atoms with Crippen LogP contribution >= 0.6 is 0 Å². The summed E-state index contributed by atoms with van der Waals surface area (Å²) in [4.78, 5) is 0. The zero-order valence-corrected chi connectivity index (χ0v) is 17.7. The first-order valence-corrected chi connectivity index (χ1v) is 11.4. The van der Waals surface area contributed by atoms with Crippen molar-refractivity contribution in [2.45, 2.75) is 51.4 Å². The Morgan fingerprint density at radius 3 is 2.57 bits per heavy atom. The Bertz CT molecular complexity index is 1110. The highest BCUT2D eigenvalue weighted by Gasteiger charge is 2.36. The van der Waals surface area contributed by atoms with Crippen LogP contribution in [0.25, 0.3) is 22.2 Å². The van der Waals surface area contributed by atoms with Gasteiger partial charge in [-0.25, -0.2) is 13.1 Å². The highest BCUT2D eigenvalue weighted by atomic mass is 32.2. The normalized spacial score (nSPS) is 16.2. The van der Waals surface area contributed by atoms with Crippen LogP contribution in [0.2, 0.25) is 0 Å². The second-order valence-electron chi connectivity index (χ2n) is 8.29. The number of sulfonamides is 1. The highest BCUT2D eigenvalue weighted by Crippen LogP contribution is 2.33. The molecule has 0 aliphatic heterocycles. The van der Waals surface area contributed by atoms with E-state index in [1.807, 2.05) is 24.7 Å². The summed E-state index contributed by atoms with van der Waals surface area (Å²) >= 11 is 0. The van der Waals surface area contributed by atoms with E-state index in [0.717, 1.165) is 47.1 Å². The maximum atomic E-state index is 12.4. The van der Waals surface area contributed by atoms with Gasteiger partial charge in [-0.05, 0) is 43.4 Å². The molecule has 6 nitrogen and oxygen atoms in total. The van der Waals surface area contributed by atoms with Crippen molar-refractivity contribution in [1.82, 2.24) is 19.1 Å². The van der Waals surface area contributed by atoms with Gasteiger partial charge in [-0.1, -0.05) is 26.0 Å². The van der Waals surface area contributed by atoms with Gasteiger partial charge in [0.05, 0.1) is 10.9 Å². The monoisotopic (exact) mass is 400 g/mol. The van der Waals surface area contributed by atoms with E-state index in [9.17, 15) is 8.42 Å². The second-order valence-corrected chi connectivity index (χ2v) is 10.3. The first-order valence-electron chi connectivity index (χ1n) is 9.88. The molecule has 1 aromatic carbocycles. The van der Waals surface area contributed by atoms with Gasteiger partial charge >= 0.3 is 0 Å². The molecule has 4 rings (SSSR count). The predicted octanol–water partition coefficient (Wildman–Crippen LogP) is 3.84. The highest BCUT2D eigenvalue weighted by molar-refractivity contribution is 7.90. The van der Waals surface area contributed by atoms with E-state index in [-0.39, 0.29) is 11.3 Å². The van der Waals surface area contributed by atoms with E-state index in [1.165, 1.54) is 0 Å². The number of aromatic nitrogens is 3. The summed E-state index contributed by atoms with van der Waals surface area (Å²) in [5.41, 5.74) is 4.31. The van der Waals surface area contributed by atoms with Gasteiger partial charge in [0.1, 0.15) is 0 Å². The van der Waals surface area contributed by atoms with E-state index in [1.54, 1.807) is 6.20 Å². The molecule has 0 unspecified atom stereocenters. The zero-order chi connectivity index (χ0) is 20.1. The van der Waals surface area contributed by atoms with Gasteiger partial charge in [0.2, 0.25) is 10.0 Å². The van der Waals surface area contributed by atoms with E-state index < -0.39 is 10.0 Å². The predicted molar refractivity (Wildman–Crippen MR) is 112 cm³/mol. The first-order chi connectivity index (χ1) is 13.3. The maximum absolute atomic E-state index is 12.4. The van der Waals surface area contributed by atoms with Crippen LogP contribution in [0.3, 0.4) is 0 Å². The summed E-state index contributed by atoms with van der Waals surface area (Å²) in [5, 5.41) is 5.16. The van der Waals surface area contributed by atoms with Crippen LogP contribution in [0.15, 0.2) is 36.7 Å². The molecule has 150 valence electrons. The summed E-state index contributed by atoms with van der Waals surface area (Å²) in [6, 6.07) is 8.12. The van der Waals surface area contributed by atoms with Crippen molar-refractivity contribution in [2.75, 3.05) is 0 Å². The molecule has 2 aromatic heterocycles. The van der Waals surface area contributed by atoms with Crippen LogP contribution in [0.4, 0.5) is 0 Å². The van der Waals surface area contributed by atoms with Gasteiger partial charge in [0.15, 0.2) is 0 Å². The van der Waals surface area contributed by atoms with Crippen molar-refractivity contribution < 1.29 is 8.42 Å². The number of hydrogen-bond acceptors (Lipinski definition) is 3. The fourth-order valence-electron chi connectivity index (χ4n) is 3.81. The molecule has 1 saturated carbocycles. The number of nitrogens with zero attached hydrogens (tertiary/aromatic N) is 3. The number of benzene rings is 1. The van der Waals surface area contributed by atoms with Crippen LogP contribution in [-0.2, 0) is 23.6 Å². The SMILES string of the molecule is CC(C)Cn1cc([C@@H](C)NS(=O)(=O)C2CC2)c2ccc(-c3ccnn3C)cc21. The van der Waals surface area contributed by atoms with Crippen LogP contribution in [0.1, 0.15) is 45.2 Å². The molecule has 0 amide bonds. The smallest absolute Gasteiger partial charge is 0.215 e. The number of fused-ring (bicyclic) bond motifs is 1. The topological polar surface area (TPSA) is 68.9 Å². The minimum Gasteiger partial charge on any atom is -0.347 e. The standard InChI is InChI=1S/C21H28N4O2S/c1-14(2)12-25-13-19(15(3)23-28(26,27)17-6-7-17)18-8-5-16(11-21(18)25)20-9-10-22-24(20)4/h5,8-11,13-15,17,23H,6-7,12H2,1-4H3/t15-/m1/s1. The Labute approximate surface area is 166 Å². The third-order valence-corrected chi connectivity index (χ3v) is 7.39. The van der Waals surface area contributed by atoms with Gasteiger partial charge < -0.3 is 4.57 Å². The summed E-state index contributed by atoms with van der Waals surface area (Å²) in [6.45, 7) is 7.20. The maximum Gasteiger partial charge on any atom is 0.215 e. The quantitative estimate of drug-likeness (QED) is 0.655. The van der Waals surface area contributed by atoms with Gasteiger partial charge in [-0.15, -0.1) is 0 Å². The van der Waals surface area contributed by atoms with Crippen molar-refractivity contribution >= 4 is 20.9 Å². The molecule has 0 bridgehead atoms. The van der Waals surface area contributed by atoms with E-state index in [4.69, 9.17) is 0 Å². The molecular weight excluding hydrogens is 372 g/mol. The molecule has 1 atom stereocenters. The van der Waals surface area contributed by atoms with Crippen molar-refractivity contribution in [3.63, 3.8) is 0 Å². The van der Waals surface area contributed by atoms with Gasteiger partial charge in [0, 0.05) is 48.5 Å². The van der Waals surface area contributed by atoms with Gasteiger partial charge in [-0.2, -0.15) is 5.10 Å². The molecule has 28 heavy (non-hydrogen) atoms. The summed E-state index contributed by atoms with van der Waals surface area (Å²) in [5.74, 6) is 0.488. The molecule has 1 aliphatic rings. The van der Waals surface area contributed by atoms with Crippen molar-refractivity contribution in [1.29, 1.82) is 0 Å². The average Bonchev–Trinajstić information content (AvgIpc) is 3.32. The lowest BCUT2D eigenvalue weighted by molar-refractivity contribution is 0.532. The summed E-state index contributed by atoms with van der Waals surface area (Å²) < 4.78 is 31.8. The molecule has 3 aromatic rings. The third-order valence-electron chi connectivity index (χ3n) is 5.36. The Morgan fingerprint density at radius 1 is 1.21 bits per heavy atom. The Hall–Kier alpha value is -2.12. The molecule has 7 heteroatoms. The van der Waals surface area contributed by atoms with Crippen LogP contribution in [0.5, 0.6) is 0 Å². The molecule has 1 fully saturated rings. The first kappa shape index (κ1) is 19.2. The number of hydrogen-bond donors (Lipinski definition) is 1. The molecule has 1 N–H and O–H groups in total. The summed E-state index contributed by atoms with van der Waals surface area (Å²) in [6.07, 6.45) is 5.45. The third kappa shape index (κ3) is 3.61. The fraction of sp³-hybridized carbons (Fsp3) is 0.476. The Kier molecular flexibility index (Phi) is 4.83. The van der Waals surface area contributed by atoms with Crippen molar-refractivity contribution in [3.8, 4) is 11.3 Å². The number of aryl methyl sites for hydroxylation is 1. The zero-order valence-electron chi connectivity index (χ0n) is 16.9. The Morgan fingerprint density at radius 2 is 1.96 bits per heavy atom. The van der Waals surface area contributed by atoms with E-state index >= 15 is 0 Å². The average molecular weight is 401 g/mol. The Balaban J connectivity index is 1.77. The van der Waals surface area contributed by atoms with Gasteiger partial charge in [0.25, 0.3) is 0 Å². The molecule has 0 spiro atoms. The van der Waals surface area contributed by atoms with Crippen molar-refractivity contribution in [3.05, 3.63) is 42.2 Å². The summed E-state index contributed by atoms with van der Waals surface area (Å²) in [7, 11) is -1.30. The van der Waals surface area contributed by atoms with E-state index in [2.05, 4.69) is 52.6 Å². The number of nitrogens with one attached hydrogen (secondary N) is 1. The molecular formula is C21H28N4O2S. The van der Waals surface area contributed by atoms with Crippen LogP contribution in [0, 0.1) is 5.92 Å². The minimum atomic E-state index is -3.24. The number of rotatable bonds is 7. The largest absolute Gasteiger partial charge is 0.347 e. The minimum absolute atomic E-state index is 0.213. The molecule has 0 radical (unpaired) electrons. The second kappa shape index (κ2) is 7.04. The van der Waals surface area contributed by atoms with Crippen LogP contribution < -0.4 is 4.72 Å². The molecule has 2 heterocycles. The van der Waals surface area contributed by atoms with Crippen LogP contribution in [-0.4, -0.2) is 28.0 Å². The van der Waals surface area contributed by atoms with E-state index in [0.29, 0.717) is 5.92 Å². The van der Waals surface area contributed by atoms with Crippen molar-refractivity contribution in [2.24, 2.45) is 13.0 Å². The fourth-order valence-corrected chi connectivity index (χ4v) is 5.38. The lowest BCUT2D eigenvalue weighted by atomic mass is 10.0. The molecule has 0 saturated heterocycles. The van der Waals surface area contributed by atoms with Gasteiger partial charge in [-0.3, -0.25) is 4.68 Å².